The number of benzene rings is 1. The number of carbonyl (C=O) groups is 1. The Kier molecular flexibility index (Phi) is 3.99. The Morgan fingerprint density at radius 3 is 2.88 bits per heavy atom. The van der Waals surface area contributed by atoms with Crippen molar-refractivity contribution in [3.05, 3.63) is 41.7 Å². The fraction of sp³-hybridized carbons (Fsp3) is 0.444. The summed E-state index contributed by atoms with van der Waals surface area (Å²) in [7, 11) is 0. The highest BCUT2D eigenvalue weighted by molar-refractivity contribution is 5.76. The van der Waals surface area contributed by atoms with Crippen LogP contribution in [0, 0.1) is 13.8 Å². The number of hydrogen-bond acceptors (Lipinski definition) is 4. The van der Waals surface area contributed by atoms with Crippen LogP contribution in [-0.4, -0.2) is 48.6 Å². The number of imidazole rings is 1. The minimum absolute atomic E-state index is 0.0915. The van der Waals surface area contributed by atoms with Gasteiger partial charge >= 0.3 is 0 Å². The molecule has 0 unspecified atom stereocenters. The van der Waals surface area contributed by atoms with E-state index in [0.29, 0.717) is 12.4 Å². The maximum Gasteiger partial charge on any atom is 0.244 e. The van der Waals surface area contributed by atoms with Crippen LogP contribution in [0.1, 0.15) is 36.2 Å². The van der Waals surface area contributed by atoms with E-state index < -0.39 is 0 Å². The standard InChI is InChI=1S/C18H22N6O/c1-12-19-13(2)24(22-12)11-17(25)23-9-5-6-14(10-23)18-20-15-7-3-4-8-16(15)21-18/h3-4,7-8,14H,5-6,9-11H2,1-2H3,(H,20,21)/t14-/m1/s1. The zero-order valence-corrected chi connectivity index (χ0v) is 14.6. The quantitative estimate of drug-likeness (QED) is 0.794. The second kappa shape index (κ2) is 6.31. The number of rotatable bonds is 3. The van der Waals surface area contributed by atoms with E-state index in [9.17, 15) is 4.79 Å². The average Bonchev–Trinajstić information content (AvgIpc) is 3.18. The summed E-state index contributed by atoms with van der Waals surface area (Å²) in [6.07, 6.45) is 2.04. The Labute approximate surface area is 146 Å². The van der Waals surface area contributed by atoms with Gasteiger partial charge in [-0.05, 0) is 38.8 Å². The molecule has 0 radical (unpaired) electrons. The van der Waals surface area contributed by atoms with Crippen molar-refractivity contribution < 1.29 is 4.79 Å². The van der Waals surface area contributed by atoms with Gasteiger partial charge in [0.05, 0.1) is 11.0 Å². The highest BCUT2D eigenvalue weighted by Gasteiger charge is 2.27. The number of H-pyrrole nitrogens is 1. The van der Waals surface area contributed by atoms with E-state index in [2.05, 4.69) is 15.1 Å². The summed E-state index contributed by atoms with van der Waals surface area (Å²) in [6.45, 7) is 5.46. The van der Waals surface area contributed by atoms with E-state index in [1.54, 1.807) is 4.68 Å². The normalized spacial score (nSPS) is 18.0. The fourth-order valence-electron chi connectivity index (χ4n) is 3.53. The zero-order valence-electron chi connectivity index (χ0n) is 14.6. The molecule has 4 rings (SSSR count). The summed E-state index contributed by atoms with van der Waals surface area (Å²) in [5.41, 5.74) is 2.03. The number of aromatic nitrogens is 5. The molecule has 7 nitrogen and oxygen atoms in total. The monoisotopic (exact) mass is 338 g/mol. The van der Waals surface area contributed by atoms with Gasteiger partial charge in [-0.2, -0.15) is 5.10 Å². The second-order valence-corrected chi connectivity index (χ2v) is 6.68. The number of amides is 1. The van der Waals surface area contributed by atoms with Crippen LogP contribution < -0.4 is 0 Å². The van der Waals surface area contributed by atoms with Crippen molar-refractivity contribution >= 4 is 16.9 Å². The Hall–Kier alpha value is -2.70. The Bertz CT molecular complexity index is 878. The second-order valence-electron chi connectivity index (χ2n) is 6.68. The van der Waals surface area contributed by atoms with Gasteiger partial charge in [0, 0.05) is 19.0 Å². The minimum Gasteiger partial charge on any atom is -0.342 e. The van der Waals surface area contributed by atoms with Crippen LogP contribution in [0.4, 0.5) is 0 Å². The van der Waals surface area contributed by atoms with Gasteiger partial charge in [-0.25, -0.2) is 14.6 Å². The fourth-order valence-corrected chi connectivity index (χ4v) is 3.53. The van der Waals surface area contributed by atoms with Gasteiger partial charge in [-0.3, -0.25) is 4.79 Å². The van der Waals surface area contributed by atoms with Gasteiger partial charge in [-0.1, -0.05) is 12.1 Å². The SMILES string of the molecule is Cc1nc(C)n(CC(=O)N2CCC[C@@H](c3nc4ccccc4[nH]3)C2)n1. The highest BCUT2D eigenvalue weighted by Crippen LogP contribution is 2.26. The van der Waals surface area contributed by atoms with E-state index in [0.717, 1.165) is 42.1 Å². The molecular weight excluding hydrogens is 316 g/mol. The molecule has 7 heteroatoms. The number of fused-ring (bicyclic) bond motifs is 1. The largest absolute Gasteiger partial charge is 0.342 e. The maximum atomic E-state index is 12.7. The number of carbonyl (C=O) groups excluding carboxylic acids is 1. The summed E-state index contributed by atoms with van der Waals surface area (Å²) in [5, 5.41) is 4.29. The van der Waals surface area contributed by atoms with E-state index in [1.807, 2.05) is 43.0 Å². The predicted molar refractivity (Wildman–Crippen MR) is 94.1 cm³/mol. The van der Waals surface area contributed by atoms with Gasteiger partial charge in [-0.15, -0.1) is 0 Å². The summed E-state index contributed by atoms with van der Waals surface area (Å²) in [4.78, 5) is 27.0. The first kappa shape index (κ1) is 15.8. The molecule has 1 N–H and O–H groups in total. The lowest BCUT2D eigenvalue weighted by Crippen LogP contribution is -2.41. The minimum atomic E-state index is 0.0915. The molecule has 1 atom stereocenters. The van der Waals surface area contributed by atoms with Crippen LogP contribution in [0.3, 0.4) is 0 Å². The molecule has 0 saturated carbocycles. The number of piperidine rings is 1. The third-order valence-corrected chi connectivity index (χ3v) is 4.82. The van der Waals surface area contributed by atoms with Crippen LogP contribution in [0.15, 0.2) is 24.3 Å². The molecule has 130 valence electrons. The summed E-state index contributed by atoms with van der Waals surface area (Å²) in [6, 6.07) is 8.04. The molecule has 3 aromatic rings. The molecule has 1 aliphatic rings. The van der Waals surface area contributed by atoms with Crippen molar-refractivity contribution in [3.63, 3.8) is 0 Å². The van der Waals surface area contributed by atoms with Gasteiger partial charge in [0.25, 0.3) is 0 Å². The number of aromatic amines is 1. The number of hydrogen-bond donors (Lipinski definition) is 1. The van der Waals surface area contributed by atoms with Gasteiger partial charge in [0.15, 0.2) is 0 Å². The Morgan fingerprint density at radius 1 is 1.28 bits per heavy atom. The lowest BCUT2D eigenvalue weighted by atomic mass is 9.97. The van der Waals surface area contributed by atoms with Crippen molar-refractivity contribution in [2.75, 3.05) is 13.1 Å². The first-order valence-electron chi connectivity index (χ1n) is 8.70. The lowest BCUT2D eigenvalue weighted by molar-refractivity contribution is -0.133. The first-order valence-corrected chi connectivity index (χ1v) is 8.70. The maximum absolute atomic E-state index is 12.7. The summed E-state index contributed by atoms with van der Waals surface area (Å²) < 4.78 is 1.68. The molecule has 1 saturated heterocycles. The van der Waals surface area contributed by atoms with E-state index in [1.165, 1.54) is 0 Å². The first-order chi connectivity index (χ1) is 12.1. The Balaban J connectivity index is 1.48. The number of nitrogens with zero attached hydrogens (tertiary/aromatic N) is 5. The van der Waals surface area contributed by atoms with Crippen molar-refractivity contribution in [2.24, 2.45) is 0 Å². The number of para-hydroxylation sites is 2. The van der Waals surface area contributed by atoms with Crippen molar-refractivity contribution in [1.29, 1.82) is 0 Å². The smallest absolute Gasteiger partial charge is 0.244 e. The Morgan fingerprint density at radius 2 is 2.12 bits per heavy atom. The van der Waals surface area contributed by atoms with Crippen molar-refractivity contribution in [3.8, 4) is 0 Å². The molecule has 0 aliphatic carbocycles. The van der Waals surface area contributed by atoms with Gasteiger partial charge in [0.2, 0.25) is 5.91 Å². The zero-order chi connectivity index (χ0) is 17.4. The number of aryl methyl sites for hydroxylation is 2. The number of likely N-dealkylation sites (tertiary alicyclic amines) is 1. The van der Waals surface area contributed by atoms with Crippen LogP contribution >= 0.6 is 0 Å². The lowest BCUT2D eigenvalue weighted by Gasteiger charge is -2.31. The van der Waals surface area contributed by atoms with Crippen LogP contribution in [0.2, 0.25) is 0 Å². The van der Waals surface area contributed by atoms with Gasteiger partial charge in [0.1, 0.15) is 24.0 Å². The van der Waals surface area contributed by atoms with E-state index in [4.69, 9.17) is 4.98 Å². The molecular formula is C18H22N6O. The third-order valence-electron chi connectivity index (χ3n) is 4.82. The number of nitrogens with one attached hydrogen (secondary N) is 1. The molecule has 2 aromatic heterocycles. The third kappa shape index (κ3) is 3.14. The summed E-state index contributed by atoms with van der Waals surface area (Å²) in [5.74, 6) is 2.80. The van der Waals surface area contributed by atoms with Crippen LogP contribution in [0.25, 0.3) is 11.0 Å². The van der Waals surface area contributed by atoms with Crippen molar-refractivity contribution in [2.45, 2.75) is 39.2 Å². The molecule has 1 fully saturated rings. The van der Waals surface area contributed by atoms with E-state index in [-0.39, 0.29) is 18.4 Å². The molecule has 1 aromatic carbocycles. The molecule has 1 aliphatic heterocycles. The average molecular weight is 338 g/mol. The van der Waals surface area contributed by atoms with Gasteiger partial charge < -0.3 is 9.88 Å². The topological polar surface area (TPSA) is 79.7 Å². The van der Waals surface area contributed by atoms with Crippen molar-refractivity contribution in [1.82, 2.24) is 29.6 Å². The van der Waals surface area contributed by atoms with Crippen LogP contribution in [0.5, 0.6) is 0 Å². The van der Waals surface area contributed by atoms with E-state index >= 15 is 0 Å². The molecule has 25 heavy (non-hydrogen) atoms. The molecule has 0 bridgehead atoms. The van der Waals surface area contributed by atoms with Crippen LogP contribution in [-0.2, 0) is 11.3 Å². The summed E-state index contributed by atoms with van der Waals surface area (Å²) >= 11 is 0. The molecule has 1 amide bonds. The highest BCUT2D eigenvalue weighted by atomic mass is 16.2. The molecule has 0 spiro atoms. The molecule has 3 heterocycles. The predicted octanol–water partition coefficient (Wildman–Crippen LogP) is 2.18.